The van der Waals surface area contributed by atoms with E-state index in [4.69, 9.17) is 4.74 Å². The molecule has 0 spiro atoms. The minimum atomic E-state index is -0.297. The summed E-state index contributed by atoms with van der Waals surface area (Å²) in [4.78, 5) is 23.2. The van der Waals surface area contributed by atoms with Crippen molar-refractivity contribution in [3.63, 3.8) is 0 Å². The normalized spacial score (nSPS) is 15.3. The van der Waals surface area contributed by atoms with Gasteiger partial charge in [-0.05, 0) is 54.4 Å². The van der Waals surface area contributed by atoms with E-state index in [1.807, 2.05) is 30.3 Å². The molecule has 3 aromatic rings. The van der Waals surface area contributed by atoms with Gasteiger partial charge in [0.25, 0.3) is 0 Å². The lowest BCUT2D eigenvalue weighted by atomic mass is 10.2. The summed E-state index contributed by atoms with van der Waals surface area (Å²) in [6, 6.07) is 15.2. The lowest BCUT2D eigenvalue weighted by molar-refractivity contribution is 0.237. The number of carbonyl (C=O) groups is 1. The van der Waals surface area contributed by atoms with Crippen molar-refractivity contribution < 1.29 is 13.9 Å². The zero-order valence-corrected chi connectivity index (χ0v) is 17.7. The summed E-state index contributed by atoms with van der Waals surface area (Å²) in [5, 5.41) is 8.98. The zero-order chi connectivity index (χ0) is 22.3. The molecule has 1 saturated heterocycles. The van der Waals surface area contributed by atoms with Crippen LogP contribution in [-0.2, 0) is 6.54 Å². The molecule has 2 heterocycles. The second kappa shape index (κ2) is 9.95. The topological polar surface area (TPSA) is 91.4 Å². The molecule has 0 bridgehead atoms. The fraction of sp³-hybridized carbons (Fsp3) is 0.261. The Bertz CT molecular complexity index is 1050. The number of hydrogen-bond acceptors (Lipinski definition) is 6. The fourth-order valence-electron chi connectivity index (χ4n) is 3.50. The molecule has 1 atom stereocenters. The molecule has 1 aliphatic rings. The first-order chi connectivity index (χ1) is 15.6. The molecule has 3 N–H and O–H groups in total. The molecule has 1 unspecified atom stereocenters. The predicted octanol–water partition coefficient (Wildman–Crippen LogP) is 3.45. The SMILES string of the molecule is COc1ccc(CNC(=O)NC2CCN(c3ccnc(Nc4ccc(F)cc4)n3)C2)cc1. The standard InChI is InChI=1S/C23H25FN6O2/c1-32-20-8-2-16(3-9-20)14-26-23(31)28-19-11-13-30(15-19)21-10-12-25-22(29-21)27-18-6-4-17(24)5-7-18/h2-10,12,19H,11,13-15H2,1H3,(H,25,27,29)(H2,26,28,31). The van der Waals surface area contributed by atoms with Crippen molar-refractivity contribution in [2.75, 3.05) is 30.4 Å². The number of rotatable bonds is 7. The number of aromatic nitrogens is 2. The molecule has 0 aliphatic carbocycles. The number of carbonyl (C=O) groups excluding carboxylic acids is 1. The van der Waals surface area contributed by atoms with Gasteiger partial charge in [0.1, 0.15) is 17.4 Å². The molecule has 0 radical (unpaired) electrons. The van der Waals surface area contributed by atoms with Crippen molar-refractivity contribution in [2.24, 2.45) is 0 Å². The number of nitrogens with zero attached hydrogens (tertiary/aromatic N) is 3. The van der Waals surface area contributed by atoms with Gasteiger partial charge in [-0.15, -0.1) is 0 Å². The van der Waals surface area contributed by atoms with Gasteiger partial charge in [0.15, 0.2) is 0 Å². The number of anilines is 3. The van der Waals surface area contributed by atoms with Crippen molar-refractivity contribution in [3.05, 3.63) is 72.2 Å². The molecule has 2 amide bonds. The summed E-state index contributed by atoms with van der Waals surface area (Å²) >= 11 is 0. The summed E-state index contributed by atoms with van der Waals surface area (Å²) < 4.78 is 18.2. The zero-order valence-electron chi connectivity index (χ0n) is 17.7. The Hall–Kier alpha value is -3.88. The average Bonchev–Trinajstić information content (AvgIpc) is 3.28. The number of urea groups is 1. The Balaban J connectivity index is 1.27. The highest BCUT2D eigenvalue weighted by Gasteiger charge is 2.25. The van der Waals surface area contributed by atoms with E-state index < -0.39 is 0 Å². The Morgan fingerprint density at radius 2 is 1.94 bits per heavy atom. The van der Waals surface area contributed by atoms with Crippen LogP contribution >= 0.6 is 0 Å². The van der Waals surface area contributed by atoms with Gasteiger partial charge in [-0.1, -0.05) is 12.1 Å². The quantitative estimate of drug-likeness (QED) is 0.526. The number of halogens is 1. The minimum Gasteiger partial charge on any atom is -0.497 e. The first kappa shape index (κ1) is 21.4. The lowest BCUT2D eigenvalue weighted by Gasteiger charge is -2.18. The number of amides is 2. The van der Waals surface area contributed by atoms with E-state index in [0.29, 0.717) is 24.7 Å². The molecular formula is C23H25FN6O2. The molecule has 1 aromatic heterocycles. The Labute approximate surface area is 185 Å². The highest BCUT2D eigenvalue weighted by Crippen LogP contribution is 2.20. The van der Waals surface area contributed by atoms with E-state index in [1.165, 1.54) is 12.1 Å². The van der Waals surface area contributed by atoms with E-state index in [0.717, 1.165) is 30.1 Å². The van der Waals surface area contributed by atoms with Gasteiger partial charge in [0.05, 0.1) is 7.11 Å². The molecule has 2 aromatic carbocycles. The molecule has 1 aliphatic heterocycles. The van der Waals surface area contributed by atoms with Gasteiger partial charge < -0.3 is 25.6 Å². The first-order valence-corrected chi connectivity index (χ1v) is 10.4. The molecule has 4 rings (SSSR count). The Kier molecular flexibility index (Phi) is 6.64. The molecule has 32 heavy (non-hydrogen) atoms. The molecule has 9 heteroatoms. The van der Waals surface area contributed by atoms with Gasteiger partial charge in [-0.25, -0.2) is 14.2 Å². The van der Waals surface area contributed by atoms with Crippen LogP contribution in [0, 0.1) is 5.82 Å². The van der Waals surface area contributed by atoms with Crippen molar-refractivity contribution in [3.8, 4) is 5.75 Å². The van der Waals surface area contributed by atoms with Gasteiger partial charge in [-0.2, -0.15) is 4.98 Å². The monoisotopic (exact) mass is 436 g/mol. The number of benzene rings is 2. The van der Waals surface area contributed by atoms with Crippen LogP contribution in [0.2, 0.25) is 0 Å². The van der Waals surface area contributed by atoms with Crippen molar-refractivity contribution in [1.29, 1.82) is 0 Å². The van der Waals surface area contributed by atoms with Crippen LogP contribution in [0.4, 0.5) is 26.6 Å². The van der Waals surface area contributed by atoms with E-state index >= 15 is 0 Å². The highest BCUT2D eigenvalue weighted by molar-refractivity contribution is 5.74. The second-order valence-corrected chi connectivity index (χ2v) is 7.48. The van der Waals surface area contributed by atoms with Crippen molar-refractivity contribution in [1.82, 2.24) is 20.6 Å². The Morgan fingerprint density at radius 3 is 2.69 bits per heavy atom. The van der Waals surface area contributed by atoms with Crippen LogP contribution in [0.15, 0.2) is 60.8 Å². The second-order valence-electron chi connectivity index (χ2n) is 7.48. The summed E-state index contributed by atoms with van der Waals surface area (Å²) in [6.07, 6.45) is 2.50. The molecule has 1 fully saturated rings. The maximum Gasteiger partial charge on any atom is 0.315 e. The smallest absolute Gasteiger partial charge is 0.315 e. The number of nitrogens with one attached hydrogen (secondary N) is 3. The maximum absolute atomic E-state index is 13.1. The number of ether oxygens (including phenoxy) is 1. The maximum atomic E-state index is 13.1. The van der Waals surface area contributed by atoms with Crippen LogP contribution in [0.5, 0.6) is 5.75 Å². The molecule has 166 valence electrons. The van der Waals surface area contributed by atoms with Crippen LogP contribution in [0.3, 0.4) is 0 Å². The summed E-state index contributed by atoms with van der Waals surface area (Å²) in [5.74, 6) is 1.69. The van der Waals surface area contributed by atoms with E-state index in [1.54, 1.807) is 25.4 Å². The van der Waals surface area contributed by atoms with Crippen LogP contribution in [-0.4, -0.2) is 42.2 Å². The fourth-order valence-corrected chi connectivity index (χ4v) is 3.50. The predicted molar refractivity (Wildman–Crippen MR) is 121 cm³/mol. The van der Waals surface area contributed by atoms with Crippen molar-refractivity contribution >= 4 is 23.5 Å². The van der Waals surface area contributed by atoms with Gasteiger partial charge >= 0.3 is 6.03 Å². The molecular weight excluding hydrogens is 411 g/mol. The third-order valence-corrected chi connectivity index (χ3v) is 5.20. The number of methoxy groups -OCH3 is 1. The van der Waals surface area contributed by atoms with Crippen molar-refractivity contribution in [2.45, 2.75) is 19.0 Å². The average molecular weight is 436 g/mol. The van der Waals surface area contributed by atoms with E-state index in [2.05, 4.69) is 30.8 Å². The van der Waals surface area contributed by atoms with E-state index in [-0.39, 0.29) is 17.9 Å². The van der Waals surface area contributed by atoms with Gasteiger partial charge in [0.2, 0.25) is 5.95 Å². The van der Waals surface area contributed by atoms with Crippen LogP contribution in [0.1, 0.15) is 12.0 Å². The lowest BCUT2D eigenvalue weighted by Crippen LogP contribution is -2.43. The van der Waals surface area contributed by atoms with E-state index in [9.17, 15) is 9.18 Å². The van der Waals surface area contributed by atoms with Crippen LogP contribution < -0.4 is 25.6 Å². The summed E-state index contributed by atoms with van der Waals surface area (Å²) in [5.41, 5.74) is 1.70. The van der Waals surface area contributed by atoms with Gasteiger partial charge in [0, 0.05) is 37.6 Å². The molecule has 8 nitrogen and oxygen atoms in total. The summed E-state index contributed by atoms with van der Waals surface area (Å²) in [7, 11) is 1.62. The summed E-state index contributed by atoms with van der Waals surface area (Å²) in [6.45, 7) is 1.87. The van der Waals surface area contributed by atoms with Gasteiger partial charge in [-0.3, -0.25) is 0 Å². The van der Waals surface area contributed by atoms with Crippen LogP contribution in [0.25, 0.3) is 0 Å². The Morgan fingerprint density at radius 1 is 1.16 bits per heavy atom. The largest absolute Gasteiger partial charge is 0.497 e. The molecule has 0 saturated carbocycles. The minimum absolute atomic E-state index is 0.0225. The third-order valence-electron chi connectivity index (χ3n) is 5.20. The highest BCUT2D eigenvalue weighted by atomic mass is 19.1. The third kappa shape index (κ3) is 5.63. The number of hydrogen-bond donors (Lipinski definition) is 3. The first-order valence-electron chi connectivity index (χ1n) is 10.4.